The lowest BCUT2D eigenvalue weighted by atomic mass is 10.0. The normalized spacial score (nSPS) is 14.8. The van der Waals surface area contributed by atoms with Gasteiger partial charge in [-0.1, -0.05) is 318 Å². The van der Waals surface area contributed by atoms with Gasteiger partial charge < -0.3 is 33.8 Å². The Hall–Kier alpha value is -6.10. The fourth-order valence-corrected chi connectivity index (χ4v) is 11.9. The quantitative estimate of drug-likeness (QED) is 0.0169. The van der Waals surface area contributed by atoms with E-state index < -0.39 is 97.5 Å². The largest absolute Gasteiger partial charge is 0.472 e. The molecule has 0 radical (unpaired) electrons. The van der Waals surface area contributed by atoms with Crippen LogP contribution in [-0.4, -0.2) is 96.7 Å². The Morgan fingerprint density at radius 2 is 0.500 bits per heavy atom. The maximum Gasteiger partial charge on any atom is 0.472 e. The molecule has 0 aliphatic rings. The van der Waals surface area contributed by atoms with Gasteiger partial charge in [0.25, 0.3) is 0 Å². The predicted octanol–water partition coefficient (Wildman–Crippen LogP) is 24.9. The lowest BCUT2D eigenvalue weighted by molar-refractivity contribution is -0.161. The highest BCUT2D eigenvalue weighted by molar-refractivity contribution is 7.47. The molecular weight excluding hydrogens is 1430 g/mol. The third-order valence-electron chi connectivity index (χ3n) is 16.6. The number of carbonyl (C=O) groups excluding carboxylic acids is 4. The fraction of sp³-hybridized carbons (Fsp3) is 0.604. The molecular formula is C91H146O17P2. The maximum absolute atomic E-state index is 13.1. The molecule has 0 heterocycles. The molecule has 0 rings (SSSR count). The van der Waals surface area contributed by atoms with E-state index in [1.165, 1.54) is 64.2 Å². The summed E-state index contributed by atoms with van der Waals surface area (Å²) in [5, 5.41) is 10.7. The van der Waals surface area contributed by atoms with Gasteiger partial charge in [0.15, 0.2) is 12.2 Å². The van der Waals surface area contributed by atoms with Crippen LogP contribution in [0.3, 0.4) is 0 Å². The number of aliphatic hydroxyl groups is 1. The van der Waals surface area contributed by atoms with E-state index in [1.54, 1.807) is 0 Å². The molecule has 0 aromatic rings. The highest BCUT2D eigenvalue weighted by Gasteiger charge is 2.30. The standard InChI is InChI=1S/C91H146O17P2/c1-5-9-13-17-21-25-29-33-37-40-42-45-48-51-55-59-63-67-71-75-88(93)101-81-86(107-90(95)77-73-69-65-61-57-53-47-36-32-28-24-20-16-12-8-4)83-105-109(97,98)103-79-85(92)80-104-110(99,100)106-84-87(108-91(96)78-74-70-66-62-58-54-50-44-39-35-31-27-23-19-15-11-7-3)82-102-89(94)76-72-68-64-60-56-52-49-46-43-41-38-34-30-26-22-18-14-10-6-2/h9-11,13-15,21-23,25-27,33-35,37-39,42-43,45-46,50-52,54-56,62,64,66,68,85-87,92H,5-8,12,16-20,24,28-32,36,40-41,44,47-49,53,57-61,63,65,67,69-84H2,1-4H3,(H,97,98)(H,99,100)/b13-9-,14-10-,15-11-,25-21-,26-22-,27-23-,37-33-,38-34-,39-35-,45-42-,46-43-,54-50-,55-51-,56-52-,66-62-,68-64-. The molecule has 110 heavy (non-hydrogen) atoms. The molecule has 622 valence electrons. The molecule has 0 fully saturated rings. The van der Waals surface area contributed by atoms with Gasteiger partial charge >= 0.3 is 39.5 Å². The zero-order chi connectivity index (χ0) is 80.3. The lowest BCUT2D eigenvalue weighted by Gasteiger charge is -2.21. The number of hydrogen-bond donors (Lipinski definition) is 3. The van der Waals surface area contributed by atoms with Gasteiger partial charge in [-0.15, -0.1) is 0 Å². The predicted molar refractivity (Wildman–Crippen MR) is 454 cm³/mol. The van der Waals surface area contributed by atoms with Crippen LogP contribution < -0.4 is 0 Å². The molecule has 0 spiro atoms. The van der Waals surface area contributed by atoms with Crippen LogP contribution in [0.25, 0.3) is 0 Å². The van der Waals surface area contributed by atoms with Gasteiger partial charge in [0.2, 0.25) is 0 Å². The van der Waals surface area contributed by atoms with Crippen LogP contribution in [0, 0.1) is 0 Å². The third-order valence-corrected chi connectivity index (χ3v) is 18.5. The highest BCUT2D eigenvalue weighted by Crippen LogP contribution is 2.45. The first-order chi connectivity index (χ1) is 53.7. The smallest absolute Gasteiger partial charge is 0.462 e. The summed E-state index contributed by atoms with van der Waals surface area (Å²) in [6.07, 6.45) is 100.0. The molecule has 0 aliphatic heterocycles. The molecule has 0 aromatic carbocycles. The van der Waals surface area contributed by atoms with Gasteiger partial charge in [-0.25, -0.2) is 9.13 Å². The summed E-state index contributed by atoms with van der Waals surface area (Å²) in [4.78, 5) is 73.1. The Balaban J connectivity index is 5.53. The second-order valence-corrected chi connectivity index (χ2v) is 29.8. The van der Waals surface area contributed by atoms with Crippen molar-refractivity contribution < 1.29 is 80.2 Å². The molecule has 3 N–H and O–H groups in total. The molecule has 19 heteroatoms. The topological polar surface area (TPSA) is 237 Å². The summed E-state index contributed by atoms with van der Waals surface area (Å²) in [6.45, 7) is 4.34. The van der Waals surface area contributed by atoms with E-state index in [1.807, 2.05) is 30.4 Å². The van der Waals surface area contributed by atoms with E-state index in [4.69, 9.17) is 37.0 Å². The van der Waals surface area contributed by atoms with E-state index in [2.05, 4.69) is 192 Å². The van der Waals surface area contributed by atoms with Crippen molar-refractivity contribution in [1.29, 1.82) is 0 Å². The zero-order valence-corrected chi connectivity index (χ0v) is 69.9. The number of phosphoric acid groups is 2. The first-order valence-electron chi connectivity index (χ1n) is 41.7. The summed E-state index contributed by atoms with van der Waals surface area (Å²) < 4.78 is 68.6. The maximum atomic E-state index is 13.1. The second kappa shape index (κ2) is 80.9. The second-order valence-electron chi connectivity index (χ2n) is 26.9. The molecule has 0 aromatic heterocycles. The lowest BCUT2D eigenvalue weighted by Crippen LogP contribution is -2.30. The van der Waals surface area contributed by atoms with Gasteiger partial charge in [-0.2, -0.15) is 0 Å². The molecule has 0 amide bonds. The van der Waals surface area contributed by atoms with Gasteiger partial charge in [-0.3, -0.25) is 37.3 Å². The minimum atomic E-state index is -5.02. The summed E-state index contributed by atoms with van der Waals surface area (Å²) in [5.74, 6) is -2.39. The minimum Gasteiger partial charge on any atom is -0.462 e. The van der Waals surface area contributed by atoms with Crippen LogP contribution in [0.4, 0.5) is 0 Å². The Morgan fingerprint density at radius 1 is 0.264 bits per heavy atom. The molecule has 5 atom stereocenters. The number of ether oxygens (including phenoxy) is 4. The zero-order valence-electron chi connectivity index (χ0n) is 68.1. The number of phosphoric ester groups is 2. The van der Waals surface area contributed by atoms with E-state index >= 15 is 0 Å². The Labute approximate surface area is 666 Å². The molecule has 0 saturated carbocycles. The van der Waals surface area contributed by atoms with Crippen molar-refractivity contribution in [2.75, 3.05) is 39.6 Å². The van der Waals surface area contributed by atoms with Crippen LogP contribution in [0.1, 0.15) is 297 Å². The van der Waals surface area contributed by atoms with Crippen LogP contribution in [0.15, 0.2) is 194 Å². The van der Waals surface area contributed by atoms with Crippen molar-refractivity contribution in [1.82, 2.24) is 0 Å². The number of rotatable bonds is 76. The van der Waals surface area contributed by atoms with E-state index in [-0.39, 0.29) is 25.7 Å². The summed E-state index contributed by atoms with van der Waals surface area (Å²) >= 11 is 0. The summed E-state index contributed by atoms with van der Waals surface area (Å²) in [6, 6.07) is 0. The number of allylic oxidation sites excluding steroid dienone is 32. The number of carbonyl (C=O) groups is 4. The fourth-order valence-electron chi connectivity index (χ4n) is 10.4. The Bertz CT molecular complexity index is 2850. The Morgan fingerprint density at radius 3 is 0.818 bits per heavy atom. The van der Waals surface area contributed by atoms with Crippen LogP contribution in [0.5, 0.6) is 0 Å². The van der Waals surface area contributed by atoms with Gasteiger partial charge in [0, 0.05) is 25.7 Å². The molecule has 0 bridgehead atoms. The average Bonchev–Trinajstić information content (AvgIpc) is 0.906. The first kappa shape index (κ1) is 104. The van der Waals surface area contributed by atoms with Crippen molar-refractivity contribution in [3.05, 3.63) is 194 Å². The van der Waals surface area contributed by atoms with Crippen molar-refractivity contribution in [2.45, 2.75) is 316 Å². The van der Waals surface area contributed by atoms with Crippen LogP contribution >= 0.6 is 15.6 Å². The van der Waals surface area contributed by atoms with Crippen LogP contribution in [-0.2, 0) is 65.4 Å². The van der Waals surface area contributed by atoms with Crippen molar-refractivity contribution >= 4 is 39.5 Å². The number of unbranched alkanes of at least 4 members (excludes halogenated alkanes) is 18. The van der Waals surface area contributed by atoms with Gasteiger partial charge in [0.1, 0.15) is 19.3 Å². The minimum absolute atomic E-state index is 0.00744. The van der Waals surface area contributed by atoms with Gasteiger partial charge in [-0.05, 0) is 148 Å². The average molecular weight is 1570 g/mol. The van der Waals surface area contributed by atoms with Crippen molar-refractivity contribution in [2.24, 2.45) is 0 Å². The molecule has 17 nitrogen and oxygen atoms in total. The Kier molecular flexibility index (Phi) is 76.4. The molecule has 0 aliphatic carbocycles. The number of hydrogen-bond acceptors (Lipinski definition) is 15. The highest BCUT2D eigenvalue weighted by atomic mass is 31.2. The van der Waals surface area contributed by atoms with Crippen molar-refractivity contribution in [3.8, 4) is 0 Å². The molecule has 5 unspecified atom stereocenters. The van der Waals surface area contributed by atoms with Crippen LogP contribution in [0.2, 0.25) is 0 Å². The van der Waals surface area contributed by atoms with E-state index in [0.717, 1.165) is 141 Å². The number of aliphatic hydroxyl groups excluding tert-OH is 1. The first-order valence-corrected chi connectivity index (χ1v) is 44.7. The van der Waals surface area contributed by atoms with E-state index in [0.29, 0.717) is 38.5 Å². The SMILES string of the molecule is CC/C=C\C/C=C\C/C=C\C/C=C\C/C=C\C/C=C\CCC(=O)OCC(COP(=O)(O)OCC(O)COP(=O)(O)OCC(COC(=O)CCCCC/C=C\C/C=C\C/C=C\C/C=C\C/C=C\CC)OC(=O)CCCCCCCCCCCCCCCCC)OC(=O)CCC/C=C\C/C=C\C/C=C\C/C=C\C/C=C\CC. The third kappa shape index (κ3) is 80.0. The summed E-state index contributed by atoms with van der Waals surface area (Å²) in [5.41, 5.74) is 0. The van der Waals surface area contributed by atoms with Crippen molar-refractivity contribution in [3.63, 3.8) is 0 Å². The number of esters is 4. The monoisotopic (exact) mass is 1570 g/mol. The molecule has 0 saturated heterocycles. The van der Waals surface area contributed by atoms with E-state index in [9.17, 15) is 43.2 Å². The summed E-state index contributed by atoms with van der Waals surface area (Å²) in [7, 11) is -10.0. The van der Waals surface area contributed by atoms with Gasteiger partial charge in [0.05, 0.1) is 26.4 Å².